The summed E-state index contributed by atoms with van der Waals surface area (Å²) in [6.07, 6.45) is 16.6. The third-order valence-electron chi connectivity index (χ3n) is 12.1. The van der Waals surface area contributed by atoms with Crippen molar-refractivity contribution >= 4 is 43.6 Å². The van der Waals surface area contributed by atoms with Crippen molar-refractivity contribution in [1.82, 2.24) is 9.13 Å². The maximum absolute atomic E-state index is 2.79. The SMILES string of the molecule is C1=CCC(c2ccc3[n+](c2)C24c5c(ccc6c7ccccc7n(c56)-c5ccc6c7ccccc7n-3c6c52)C2CCCC24)C=C1. The topological polar surface area (TPSA) is 13.7 Å². The van der Waals surface area contributed by atoms with Gasteiger partial charge in [-0.25, -0.2) is 4.57 Å². The van der Waals surface area contributed by atoms with Gasteiger partial charge in [0.15, 0.2) is 11.1 Å². The fourth-order valence-electron chi connectivity index (χ4n) is 10.6. The molecule has 5 aliphatic rings. The number of hydrogen-bond donors (Lipinski definition) is 0. The van der Waals surface area contributed by atoms with Gasteiger partial charge >= 0.3 is 0 Å². The molecule has 44 heavy (non-hydrogen) atoms. The fraction of sp³-hybridized carbons (Fsp3) is 0.195. The standard InChI is InChI=1S/C41H30N3/c1-2-9-24(10-3-1)25-17-22-36-42(23-25)41-32-14-8-13-26(32)29-18-19-30-27-11-4-6-15-33(27)43(39(30)37(29)41)35-21-20-31-28-12-5-7-16-34(28)44(36)40(31)38(35)41/h1-7,9,11-12,15-24,26,32H,8,10,13-14H2/q+1. The van der Waals surface area contributed by atoms with E-state index in [1.54, 1.807) is 11.1 Å². The molecule has 4 atom stereocenters. The molecule has 0 saturated heterocycles. The van der Waals surface area contributed by atoms with Gasteiger partial charge in [-0.05, 0) is 72.7 Å². The summed E-state index contributed by atoms with van der Waals surface area (Å²) in [4.78, 5) is 0. The number of pyridine rings is 1. The first kappa shape index (κ1) is 22.6. The van der Waals surface area contributed by atoms with Crippen molar-refractivity contribution in [2.45, 2.75) is 43.1 Å². The van der Waals surface area contributed by atoms with Crippen LogP contribution in [0, 0.1) is 5.92 Å². The lowest BCUT2D eigenvalue weighted by molar-refractivity contribution is -0.746. The third-order valence-corrected chi connectivity index (χ3v) is 12.1. The summed E-state index contributed by atoms with van der Waals surface area (Å²) < 4.78 is 8.04. The van der Waals surface area contributed by atoms with Crippen LogP contribution in [0.2, 0.25) is 0 Å². The number of hydrogen-bond acceptors (Lipinski definition) is 0. The minimum Gasteiger partial charge on any atom is -0.308 e. The van der Waals surface area contributed by atoms with E-state index in [0.29, 0.717) is 17.8 Å². The molecule has 1 fully saturated rings. The van der Waals surface area contributed by atoms with E-state index in [1.807, 2.05) is 0 Å². The second-order valence-corrected chi connectivity index (χ2v) is 13.7. The Bertz CT molecular complexity index is 2540. The summed E-state index contributed by atoms with van der Waals surface area (Å²) in [6, 6.07) is 32.9. The van der Waals surface area contributed by atoms with Crippen LogP contribution in [-0.2, 0) is 5.54 Å². The molecule has 7 aromatic rings. The second-order valence-electron chi connectivity index (χ2n) is 13.7. The van der Waals surface area contributed by atoms with Crippen molar-refractivity contribution in [2.24, 2.45) is 5.92 Å². The van der Waals surface area contributed by atoms with Crippen molar-refractivity contribution in [3.05, 3.63) is 138 Å². The van der Waals surface area contributed by atoms with Gasteiger partial charge in [0, 0.05) is 45.0 Å². The molecule has 0 amide bonds. The molecule has 2 aliphatic heterocycles. The molecule has 3 aliphatic carbocycles. The minimum absolute atomic E-state index is 0.237. The molecule has 3 heteroatoms. The molecule has 12 rings (SSSR count). The average Bonchev–Trinajstić information content (AvgIpc) is 3.84. The summed E-state index contributed by atoms with van der Waals surface area (Å²) in [5, 5.41) is 5.49. The van der Waals surface area contributed by atoms with E-state index < -0.39 is 0 Å². The van der Waals surface area contributed by atoms with E-state index in [9.17, 15) is 0 Å². The number of para-hydroxylation sites is 2. The predicted molar refractivity (Wildman–Crippen MR) is 177 cm³/mol. The lowest BCUT2D eigenvalue weighted by atomic mass is 9.71. The van der Waals surface area contributed by atoms with Crippen LogP contribution in [0.3, 0.4) is 0 Å². The zero-order valence-corrected chi connectivity index (χ0v) is 24.4. The quantitative estimate of drug-likeness (QED) is 0.177. The molecule has 0 bridgehead atoms. The monoisotopic (exact) mass is 564 g/mol. The van der Waals surface area contributed by atoms with Crippen LogP contribution in [0.1, 0.15) is 59.8 Å². The van der Waals surface area contributed by atoms with Gasteiger partial charge in [-0.2, -0.15) is 4.57 Å². The van der Waals surface area contributed by atoms with Gasteiger partial charge in [0.2, 0.25) is 0 Å². The summed E-state index contributed by atoms with van der Waals surface area (Å²) in [7, 11) is 0. The molecule has 0 radical (unpaired) electrons. The van der Waals surface area contributed by atoms with Crippen LogP contribution >= 0.6 is 0 Å². The maximum Gasteiger partial charge on any atom is 0.287 e. The fourth-order valence-corrected chi connectivity index (χ4v) is 10.6. The van der Waals surface area contributed by atoms with E-state index in [0.717, 1.165) is 6.42 Å². The zero-order chi connectivity index (χ0) is 28.3. The molecule has 0 N–H and O–H groups in total. The number of nitrogens with zero attached hydrogens (tertiary/aromatic N) is 3. The lowest BCUT2D eigenvalue weighted by Gasteiger charge is -2.42. The second kappa shape index (κ2) is 7.42. The Morgan fingerprint density at radius 1 is 0.682 bits per heavy atom. The van der Waals surface area contributed by atoms with Crippen LogP contribution in [-0.4, -0.2) is 9.13 Å². The number of rotatable bonds is 1. The smallest absolute Gasteiger partial charge is 0.287 e. The first-order chi connectivity index (χ1) is 21.9. The molecule has 3 nitrogen and oxygen atoms in total. The van der Waals surface area contributed by atoms with Crippen LogP contribution in [0.25, 0.3) is 55.1 Å². The Kier molecular flexibility index (Phi) is 3.81. The Labute approximate surface area is 255 Å². The van der Waals surface area contributed by atoms with Gasteiger partial charge in [0.1, 0.15) is 5.52 Å². The maximum atomic E-state index is 2.79. The van der Waals surface area contributed by atoms with E-state index in [-0.39, 0.29) is 5.54 Å². The van der Waals surface area contributed by atoms with Crippen molar-refractivity contribution in [3.8, 4) is 11.5 Å². The average molecular weight is 565 g/mol. The highest BCUT2D eigenvalue weighted by molar-refractivity contribution is 6.16. The number of allylic oxidation sites excluding steroid dienone is 4. The largest absolute Gasteiger partial charge is 0.308 e. The molecule has 1 saturated carbocycles. The van der Waals surface area contributed by atoms with E-state index in [4.69, 9.17) is 0 Å². The summed E-state index contributed by atoms with van der Waals surface area (Å²) >= 11 is 0. The van der Waals surface area contributed by atoms with Gasteiger partial charge in [-0.3, -0.25) is 0 Å². The van der Waals surface area contributed by atoms with E-state index in [2.05, 4.69) is 129 Å². The molecule has 208 valence electrons. The van der Waals surface area contributed by atoms with Gasteiger partial charge in [-0.15, -0.1) is 0 Å². The molecule has 5 heterocycles. The van der Waals surface area contributed by atoms with Crippen LogP contribution < -0.4 is 4.57 Å². The van der Waals surface area contributed by atoms with Gasteiger partial charge in [0.05, 0.1) is 28.5 Å². The molecule has 1 spiro atoms. The highest BCUT2D eigenvalue weighted by atomic mass is 15.2. The summed E-state index contributed by atoms with van der Waals surface area (Å²) in [5.41, 5.74) is 12.7. The zero-order valence-electron chi connectivity index (χ0n) is 24.4. The minimum atomic E-state index is -0.237. The highest BCUT2D eigenvalue weighted by Gasteiger charge is 2.65. The van der Waals surface area contributed by atoms with E-state index in [1.165, 1.54) is 85.5 Å². The van der Waals surface area contributed by atoms with Crippen molar-refractivity contribution in [2.75, 3.05) is 0 Å². The number of fused-ring (bicyclic) bond motifs is 11. The van der Waals surface area contributed by atoms with Crippen molar-refractivity contribution in [1.29, 1.82) is 0 Å². The van der Waals surface area contributed by atoms with Crippen molar-refractivity contribution in [3.63, 3.8) is 0 Å². The summed E-state index contributed by atoms with van der Waals surface area (Å²) in [6.45, 7) is 0. The van der Waals surface area contributed by atoms with Crippen LogP contribution in [0.4, 0.5) is 0 Å². The molecule has 3 aromatic heterocycles. The third kappa shape index (κ3) is 2.27. The molecule has 4 aromatic carbocycles. The first-order valence-corrected chi connectivity index (χ1v) is 16.4. The lowest BCUT2D eigenvalue weighted by Crippen LogP contribution is -2.65. The normalized spacial score (nSPS) is 25.0. The molecular formula is C41H30N3+. The Hall–Kier alpha value is -4.89. The highest BCUT2D eigenvalue weighted by Crippen LogP contribution is 2.66. The van der Waals surface area contributed by atoms with Gasteiger partial charge in [0.25, 0.3) is 5.82 Å². The Morgan fingerprint density at radius 3 is 2.27 bits per heavy atom. The van der Waals surface area contributed by atoms with Crippen molar-refractivity contribution < 1.29 is 4.57 Å². The number of benzene rings is 4. The Morgan fingerprint density at radius 2 is 1.45 bits per heavy atom. The molecule has 4 unspecified atom stereocenters. The number of aromatic nitrogens is 3. The summed E-state index contributed by atoms with van der Waals surface area (Å²) in [5.74, 6) is 2.82. The van der Waals surface area contributed by atoms with Crippen LogP contribution in [0.15, 0.2) is 115 Å². The van der Waals surface area contributed by atoms with Crippen LogP contribution in [0.5, 0.6) is 0 Å². The first-order valence-electron chi connectivity index (χ1n) is 16.4. The van der Waals surface area contributed by atoms with E-state index >= 15 is 0 Å². The van der Waals surface area contributed by atoms with Gasteiger partial charge < -0.3 is 4.57 Å². The molecular weight excluding hydrogens is 534 g/mol. The predicted octanol–water partition coefficient (Wildman–Crippen LogP) is 9.08. The Balaban J connectivity index is 1.37. The van der Waals surface area contributed by atoms with Gasteiger partial charge in [-0.1, -0.05) is 73.2 Å².